The van der Waals surface area contributed by atoms with Crippen molar-refractivity contribution in [1.82, 2.24) is 14.8 Å². The molecule has 6 heteroatoms. The lowest BCUT2D eigenvalue weighted by Crippen LogP contribution is -1.97. The molecule has 0 unspecified atom stereocenters. The molecule has 0 atom stereocenters. The van der Waals surface area contributed by atoms with E-state index in [0.29, 0.717) is 17.1 Å². The van der Waals surface area contributed by atoms with Crippen LogP contribution < -0.4 is 0 Å². The third-order valence-electron chi connectivity index (χ3n) is 3.11. The minimum atomic E-state index is 0.503. The molecule has 0 N–H and O–H groups in total. The molecule has 0 bridgehead atoms. The Morgan fingerprint density at radius 2 is 2.14 bits per heavy atom. The first-order valence-electron chi connectivity index (χ1n) is 6.32. The van der Waals surface area contributed by atoms with Crippen LogP contribution in [0.4, 0.5) is 0 Å². The fourth-order valence-corrected chi connectivity index (χ4v) is 2.40. The Morgan fingerprint density at radius 1 is 1.33 bits per heavy atom. The monoisotopic (exact) mass is 345 g/mol. The van der Waals surface area contributed by atoms with Gasteiger partial charge < -0.3 is 4.42 Å². The highest BCUT2D eigenvalue weighted by molar-refractivity contribution is 9.10. The fraction of sp³-hybridized carbons (Fsp3) is 0.133. The number of hydrogen-bond acceptors (Lipinski definition) is 4. The van der Waals surface area contributed by atoms with Crippen molar-refractivity contribution in [3.63, 3.8) is 0 Å². The Hall–Kier alpha value is -2.21. The molecule has 3 aromatic rings. The molecule has 0 aromatic carbocycles. The number of aldehydes is 1. The van der Waals surface area contributed by atoms with Crippen LogP contribution in [0.1, 0.15) is 21.9 Å². The molecule has 0 saturated heterocycles. The van der Waals surface area contributed by atoms with E-state index in [4.69, 9.17) is 4.42 Å². The van der Waals surface area contributed by atoms with Crippen molar-refractivity contribution < 1.29 is 9.21 Å². The second-order valence-electron chi connectivity index (χ2n) is 4.66. The fourth-order valence-electron chi connectivity index (χ4n) is 2.17. The summed E-state index contributed by atoms with van der Waals surface area (Å²) in [5.74, 6) is 2.17. The zero-order valence-corrected chi connectivity index (χ0v) is 13.1. The van der Waals surface area contributed by atoms with E-state index in [0.717, 1.165) is 27.8 Å². The third kappa shape index (κ3) is 2.54. The van der Waals surface area contributed by atoms with Crippen LogP contribution in [0.15, 0.2) is 39.5 Å². The number of rotatable bonds is 3. The molecule has 3 aromatic heterocycles. The van der Waals surface area contributed by atoms with Gasteiger partial charge in [0.1, 0.15) is 17.2 Å². The van der Waals surface area contributed by atoms with Gasteiger partial charge in [-0.15, -0.1) is 0 Å². The van der Waals surface area contributed by atoms with Gasteiger partial charge in [0.2, 0.25) is 0 Å². The maximum Gasteiger partial charge on any atom is 0.153 e. The van der Waals surface area contributed by atoms with E-state index in [9.17, 15) is 4.79 Å². The van der Waals surface area contributed by atoms with Gasteiger partial charge in [0.25, 0.3) is 0 Å². The second kappa shape index (κ2) is 5.29. The number of pyridine rings is 1. The summed E-state index contributed by atoms with van der Waals surface area (Å²) in [4.78, 5) is 15.6. The van der Waals surface area contributed by atoms with Crippen molar-refractivity contribution in [3.05, 3.63) is 52.1 Å². The summed E-state index contributed by atoms with van der Waals surface area (Å²) in [7, 11) is 0. The van der Waals surface area contributed by atoms with Crippen molar-refractivity contribution in [3.8, 4) is 17.1 Å². The lowest BCUT2D eigenvalue weighted by atomic mass is 10.1. The molecule has 3 rings (SSSR count). The van der Waals surface area contributed by atoms with Crippen molar-refractivity contribution >= 4 is 22.2 Å². The quantitative estimate of drug-likeness (QED) is 0.678. The average molecular weight is 346 g/mol. The molecule has 106 valence electrons. The number of carbonyl (C=O) groups is 1. The van der Waals surface area contributed by atoms with Gasteiger partial charge in [-0.3, -0.25) is 4.79 Å². The van der Waals surface area contributed by atoms with Crippen molar-refractivity contribution in [1.29, 1.82) is 0 Å². The van der Waals surface area contributed by atoms with Crippen molar-refractivity contribution in [2.75, 3.05) is 0 Å². The Bertz CT molecular complexity index is 803. The van der Waals surface area contributed by atoms with E-state index in [-0.39, 0.29) is 0 Å². The predicted molar refractivity (Wildman–Crippen MR) is 81.6 cm³/mol. The van der Waals surface area contributed by atoms with E-state index in [1.54, 1.807) is 17.1 Å². The first-order valence-corrected chi connectivity index (χ1v) is 7.12. The molecular weight excluding hydrogens is 334 g/mol. The van der Waals surface area contributed by atoms with E-state index in [2.05, 4.69) is 26.0 Å². The molecule has 0 aliphatic carbocycles. The lowest BCUT2D eigenvalue weighted by Gasteiger charge is -1.99. The summed E-state index contributed by atoms with van der Waals surface area (Å²) in [5, 5.41) is 4.47. The molecular formula is C15H12BrN3O2. The highest BCUT2D eigenvalue weighted by Crippen LogP contribution is 2.28. The van der Waals surface area contributed by atoms with Gasteiger partial charge in [0, 0.05) is 22.4 Å². The lowest BCUT2D eigenvalue weighted by molar-refractivity contribution is 0.112. The maximum absolute atomic E-state index is 11.3. The third-order valence-corrected chi connectivity index (χ3v) is 3.58. The largest absolute Gasteiger partial charge is 0.466 e. The van der Waals surface area contributed by atoms with Crippen LogP contribution in [-0.4, -0.2) is 21.1 Å². The average Bonchev–Trinajstić information content (AvgIpc) is 3.02. The van der Waals surface area contributed by atoms with Crippen LogP contribution in [-0.2, 0) is 0 Å². The molecule has 0 saturated carbocycles. The minimum absolute atomic E-state index is 0.503. The Labute approximate surface area is 129 Å². The molecule has 0 aliphatic rings. The number of hydrogen-bond donors (Lipinski definition) is 0. The number of halogens is 1. The van der Waals surface area contributed by atoms with Gasteiger partial charge in [0.15, 0.2) is 12.1 Å². The van der Waals surface area contributed by atoms with Gasteiger partial charge in [-0.05, 0) is 48.0 Å². The molecule has 0 radical (unpaired) electrons. The number of carbonyl (C=O) groups excluding carboxylic acids is 1. The molecule has 0 amide bonds. The highest BCUT2D eigenvalue weighted by Gasteiger charge is 2.16. The number of aryl methyl sites for hydroxylation is 2. The van der Waals surface area contributed by atoms with E-state index < -0.39 is 0 Å². The van der Waals surface area contributed by atoms with Crippen LogP contribution in [0.2, 0.25) is 0 Å². The molecule has 0 fully saturated rings. The van der Waals surface area contributed by atoms with E-state index >= 15 is 0 Å². The van der Waals surface area contributed by atoms with Gasteiger partial charge >= 0.3 is 0 Å². The summed E-state index contributed by atoms with van der Waals surface area (Å²) >= 11 is 3.34. The molecule has 5 nitrogen and oxygen atoms in total. The molecule has 0 spiro atoms. The number of nitrogens with zero attached hydrogens (tertiary/aromatic N) is 3. The first kappa shape index (κ1) is 13.8. The van der Waals surface area contributed by atoms with Crippen molar-refractivity contribution in [2.24, 2.45) is 0 Å². The topological polar surface area (TPSA) is 60.9 Å². The summed E-state index contributed by atoms with van der Waals surface area (Å²) in [5.41, 5.74) is 1.93. The smallest absolute Gasteiger partial charge is 0.153 e. The first-order chi connectivity index (χ1) is 10.1. The zero-order chi connectivity index (χ0) is 15.0. The van der Waals surface area contributed by atoms with Gasteiger partial charge in [-0.2, -0.15) is 5.10 Å². The zero-order valence-electron chi connectivity index (χ0n) is 11.5. The van der Waals surface area contributed by atoms with Crippen molar-refractivity contribution in [2.45, 2.75) is 13.8 Å². The summed E-state index contributed by atoms with van der Waals surface area (Å²) in [6.07, 6.45) is 4.14. The minimum Gasteiger partial charge on any atom is -0.466 e. The standard InChI is InChI=1S/C15H12BrN3O2/c1-9-5-13(10(2)21-9)15-11(8-20)7-19(18-15)14-4-3-12(16)6-17-14/h3-8H,1-2H3. The molecule has 0 aliphatic heterocycles. The maximum atomic E-state index is 11.3. The van der Waals surface area contributed by atoms with Crippen LogP contribution in [0.25, 0.3) is 17.1 Å². The second-order valence-corrected chi connectivity index (χ2v) is 5.57. The van der Waals surface area contributed by atoms with Gasteiger partial charge in [-0.1, -0.05) is 0 Å². The predicted octanol–water partition coefficient (Wildman–Crippen LogP) is 3.72. The Kier molecular flexibility index (Phi) is 3.47. The van der Waals surface area contributed by atoms with E-state index in [1.165, 1.54) is 0 Å². The number of aromatic nitrogens is 3. The Morgan fingerprint density at radius 3 is 2.71 bits per heavy atom. The Balaban J connectivity index is 2.12. The van der Waals surface area contributed by atoms with E-state index in [1.807, 2.05) is 32.0 Å². The van der Waals surface area contributed by atoms with Gasteiger partial charge in [0.05, 0.1) is 5.56 Å². The van der Waals surface area contributed by atoms with Crippen LogP contribution in [0, 0.1) is 13.8 Å². The summed E-state index contributed by atoms with van der Waals surface area (Å²) in [6, 6.07) is 5.57. The highest BCUT2D eigenvalue weighted by atomic mass is 79.9. The van der Waals surface area contributed by atoms with Crippen LogP contribution in [0.3, 0.4) is 0 Å². The molecule has 21 heavy (non-hydrogen) atoms. The summed E-state index contributed by atoms with van der Waals surface area (Å²) in [6.45, 7) is 3.72. The number of furan rings is 1. The normalized spacial score (nSPS) is 10.8. The molecule has 3 heterocycles. The summed E-state index contributed by atoms with van der Waals surface area (Å²) < 4.78 is 7.99. The van der Waals surface area contributed by atoms with Crippen LogP contribution >= 0.6 is 15.9 Å². The SMILES string of the molecule is Cc1cc(-c2nn(-c3ccc(Br)cn3)cc2C=O)c(C)o1. The van der Waals surface area contributed by atoms with Gasteiger partial charge in [-0.25, -0.2) is 9.67 Å². The van der Waals surface area contributed by atoms with Crippen LogP contribution in [0.5, 0.6) is 0 Å².